The molecule has 0 saturated carbocycles. The average molecular weight is 333 g/mol. The van der Waals surface area contributed by atoms with Crippen LogP contribution in [-0.2, 0) is 6.42 Å². The van der Waals surface area contributed by atoms with Gasteiger partial charge in [-0.25, -0.2) is 0 Å². The molecule has 2 heterocycles. The molecule has 0 bridgehead atoms. The maximum atomic E-state index is 8.74. The Morgan fingerprint density at radius 3 is 2.68 bits per heavy atom. The standard InChI is InChI=1S/C20H23N5/c1-20(2,11-5-12-21)15-22-17-9-7-16(8-10-17)14-19-24-23-18-6-3-4-13-25(18)19/h3-4,6-10,13,22H,5,11,14-15H2,1-2H3. The van der Waals surface area contributed by atoms with Crippen LogP contribution < -0.4 is 5.32 Å². The predicted molar refractivity (Wildman–Crippen MR) is 99.4 cm³/mol. The lowest BCUT2D eigenvalue weighted by Crippen LogP contribution is -2.22. The minimum Gasteiger partial charge on any atom is -0.385 e. The first-order chi connectivity index (χ1) is 12.1. The van der Waals surface area contributed by atoms with E-state index >= 15 is 0 Å². The van der Waals surface area contributed by atoms with E-state index in [0.717, 1.165) is 36.5 Å². The number of hydrogen-bond acceptors (Lipinski definition) is 4. The molecule has 5 nitrogen and oxygen atoms in total. The van der Waals surface area contributed by atoms with Crippen LogP contribution >= 0.6 is 0 Å². The molecule has 1 N–H and O–H groups in total. The third kappa shape index (κ3) is 4.36. The summed E-state index contributed by atoms with van der Waals surface area (Å²) < 4.78 is 2.02. The number of nitrogens with zero attached hydrogens (tertiary/aromatic N) is 4. The van der Waals surface area contributed by atoms with Gasteiger partial charge in [0.15, 0.2) is 5.65 Å². The van der Waals surface area contributed by atoms with Crippen molar-refractivity contribution in [3.63, 3.8) is 0 Å². The van der Waals surface area contributed by atoms with Gasteiger partial charge in [-0.15, -0.1) is 10.2 Å². The fourth-order valence-corrected chi connectivity index (χ4v) is 2.76. The molecule has 5 heteroatoms. The Bertz CT molecular complexity index is 871. The summed E-state index contributed by atoms with van der Waals surface area (Å²) >= 11 is 0. The highest BCUT2D eigenvalue weighted by Crippen LogP contribution is 2.23. The third-order valence-electron chi connectivity index (χ3n) is 4.39. The topological polar surface area (TPSA) is 66.0 Å². The van der Waals surface area contributed by atoms with Gasteiger partial charge in [0.25, 0.3) is 0 Å². The molecular weight excluding hydrogens is 310 g/mol. The summed E-state index contributed by atoms with van der Waals surface area (Å²) in [5.74, 6) is 0.939. The van der Waals surface area contributed by atoms with Gasteiger partial charge in [0.2, 0.25) is 0 Å². The van der Waals surface area contributed by atoms with Crippen LogP contribution in [0.4, 0.5) is 5.69 Å². The molecule has 0 atom stereocenters. The molecular formula is C20H23N5. The SMILES string of the molecule is CC(C)(CCC#N)CNc1ccc(Cc2nnc3ccccn23)cc1. The Morgan fingerprint density at radius 2 is 1.92 bits per heavy atom. The first kappa shape index (κ1) is 17.0. The molecule has 3 aromatic rings. The van der Waals surface area contributed by atoms with E-state index in [1.165, 1.54) is 5.56 Å². The minimum atomic E-state index is 0.106. The molecule has 0 amide bonds. The van der Waals surface area contributed by atoms with Crippen LogP contribution in [0.15, 0.2) is 48.7 Å². The van der Waals surface area contributed by atoms with E-state index in [1.54, 1.807) is 0 Å². The number of rotatable bonds is 7. The summed E-state index contributed by atoms with van der Waals surface area (Å²) in [4.78, 5) is 0. The number of fused-ring (bicyclic) bond motifs is 1. The predicted octanol–water partition coefficient (Wildman–Crippen LogP) is 4.06. The highest BCUT2D eigenvalue weighted by Gasteiger charge is 2.17. The zero-order valence-corrected chi connectivity index (χ0v) is 14.7. The maximum Gasteiger partial charge on any atom is 0.160 e. The van der Waals surface area contributed by atoms with Gasteiger partial charge in [-0.05, 0) is 41.7 Å². The van der Waals surface area contributed by atoms with Crippen LogP contribution in [0.25, 0.3) is 5.65 Å². The van der Waals surface area contributed by atoms with Crippen molar-refractivity contribution in [3.8, 4) is 6.07 Å². The number of nitrogens with one attached hydrogen (secondary N) is 1. The fourth-order valence-electron chi connectivity index (χ4n) is 2.76. The number of benzene rings is 1. The van der Waals surface area contributed by atoms with Crippen molar-refractivity contribution in [2.45, 2.75) is 33.1 Å². The van der Waals surface area contributed by atoms with Crippen molar-refractivity contribution in [2.75, 3.05) is 11.9 Å². The van der Waals surface area contributed by atoms with E-state index in [-0.39, 0.29) is 5.41 Å². The third-order valence-corrected chi connectivity index (χ3v) is 4.39. The van der Waals surface area contributed by atoms with E-state index in [0.29, 0.717) is 6.42 Å². The summed E-state index contributed by atoms with van der Waals surface area (Å²) in [6.07, 6.45) is 4.23. The molecule has 0 unspecified atom stereocenters. The number of hydrogen-bond donors (Lipinski definition) is 1. The number of anilines is 1. The molecule has 128 valence electrons. The first-order valence-electron chi connectivity index (χ1n) is 8.56. The van der Waals surface area contributed by atoms with Gasteiger partial charge < -0.3 is 5.32 Å². The monoisotopic (exact) mass is 333 g/mol. The molecule has 0 spiro atoms. The molecule has 3 rings (SSSR count). The second-order valence-corrected chi connectivity index (χ2v) is 7.09. The van der Waals surface area contributed by atoms with Crippen molar-refractivity contribution in [1.29, 1.82) is 5.26 Å². The quantitative estimate of drug-likeness (QED) is 0.708. The Balaban J connectivity index is 1.62. The van der Waals surface area contributed by atoms with Gasteiger partial charge in [0.05, 0.1) is 6.07 Å². The smallest absolute Gasteiger partial charge is 0.160 e. The average Bonchev–Trinajstić information content (AvgIpc) is 3.03. The zero-order chi connectivity index (χ0) is 17.7. The number of pyridine rings is 1. The van der Waals surface area contributed by atoms with Crippen molar-refractivity contribution >= 4 is 11.3 Å². The summed E-state index contributed by atoms with van der Waals surface area (Å²) in [6, 6.07) is 16.6. The van der Waals surface area contributed by atoms with Gasteiger partial charge in [-0.2, -0.15) is 5.26 Å². The van der Waals surface area contributed by atoms with E-state index in [1.807, 2.05) is 28.8 Å². The molecule has 0 aliphatic rings. The van der Waals surface area contributed by atoms with Crippen molar-refractivity contribution in [3.05, 3.63) is 60.0 Å². The van der Waals surface area contributed by atoms with Gasteiger partial charge in [-0.1, -0.05) is 32.0 Å². The zero-order valence-electron chi connectivity index (χ0n) is 14.7. The molecule has 2 aromatic heterocycles. The molecule has 0 aliphatic heterocycles. The molecule has 0 aliphatic carbocycles. The van der Waals surface area contributed by atoms with E-state index in [9.17, 15) is 0 Å². The summed E-state index contributed by atoms with van der Waals surface area (Å²) in [5.41, 5.74) is 3.28. The fraction of sp³-hybridized carbons (Fsp3) is 0.350. The first-order valence-corrected chi connectivity index (χ1v) is 8.56. The highest BCUT2D eigenvalue weighted by molar-refractivity contribution is 5.45. The summed E-state index contributed by atoms with van der Waals surface area (Å²) in [5, 5.41) is 20.7. The molecule has 0 fully saturated rings. The minimum absolute atomic E-state index is 0.106. The van der Waals surface area contributed by atoms with Crippen LogP contribution in [-0.4, -0.2) is 21.1 Å². The summed E-state index contributed by atoms with van der Waals surface area (Å²) in [7, 11) is 0. The summed E-state index contributed by atoms with van der Waals surface area (Å²) in [6.45, 7) is 5.22. The van der Waals surface area contributed by atoms with E-state index in [4.69, 9.17) is 5.26 Å². The molecule has 1 aromatic carbocycles. The van der Waals surface area contributed by atoms with Gasteiger partial charge in [0.1, 0.15) is 5.82 Å². The van der Waals surface area contributed by atoms with Crippen LogP contribution in [0, 0.1) is 16.7 Å². The Morgan fingerprint density at radius 1 is 1.12 bits per heavy atom. The van der Waals surface area contributed by atoms with Crippen molar-refractivity contribution < 1.29 is 0 Å². The van der Waals surface area contributed by atoms with Crippen LogP contribution in [0.1, 0.15) is 38.1 Å². The lowest BCUT2D eigenvalue weighted by Gasteiger charge is -2.24. The Labute approximate surface area is 148 Å². The van der Waals surface area contributed by atoms with Crippen LogP contribution in [0.3, 0.4) is 0 Å². The highest BCUT2D eigenvalue weighted by atomic mass is 15.2. The largest absolute Gasteiger partial charge is 0.385 e. The number of nitriles is 1. The van der Waals surface area contributed by atoms with Crippen LogP contribution in [0.5, 0.6) is 0 Å². The number of aromatic nitrogens is 3. The van der Waals surface area contributed by atoms with Gasteiger partial charge in [-0.3, -0.25) is 4.40 Å². The second-order valence-electron chi connectivity index (χ2n) is 7.09. The van der Waals surface area contributed by atoms with E-state index in [2.05, 4.69) is 59.7 Å². The molecule has 25 heavy (non-hydrogen) atoms. The molecule has 0 saturated heterocycles. The lowest BCUT2D eigenvalue weighted by atomic mass is 9.88. The Hall–Kier alpha value is -2.87. The van der Waals surface area contributed by atoms with Gasteiger partial charge in [0, 0.05) is 31.3 Å². The maximum absolute atomic E-state index is 8.74. The van der Waals surface area contributed by atoms with E-state index < -0.39 is 0 Å². The lowest BCUT2D eigenvalue weighted by molar-refractivity contribution is 0.364. The second kappa shape index (κ2) is 7.35. The Kier molecular flexibility index (Phi) is 4.99. The van der Waals surface area contributed by atoms with Crippen LogP contribution in [0.2, 0.25) is 0 Å². The van der Waals surface area contributed by atoms with Crippen molar-refractivity contribution in [2.24, 2.45) is 5.41 Å². The van der Waals surface area contributed by atoms with Crippen molar-refractivity contribution in [1.82, 2.24) is 14.6 Å². The molecule has 0 radical (unpaired) electrons. The van der Waals surface area contributed by atoms with Gasteiger partial charge >= 0.3 is 0 Å². The normalized spacial score (nSPS) is 11.4.